The zero-order chi connectivity index (χ0) is 21.1. The molecule has 1 unspecified atom stereocenters. The summed E-state index contributed by atoms with van der Waals surface area (Å²) in [6.07, 6.45) is 3.60. The number of guanidine groups is 1. The Labute approximate surface area is 169 Å². The van der Waals surface area contributed by atoms with Crippen LogP contribution < -0.4 is 5.73 Å². The van der Waals surface area contributed by atoms with Crippen LogP contribution in [0.1, 0.15) is 30.7 Å². The molecule has 0 aliphatic rings. The highest BCUT2D eigenvalue weighted by Crippen LogP contribution is 2.32. The van der Waals surface area contributed by atoms with E-state index in [1.165, 1.54) is 55.1 Å². The van der Waals surface area contributed by atoms with Gasteiger partial charge in [-0.2, -0.15) is 0 Å². The van der Waals surface area contributed by atoms with Gasteiger partial charge in [-0.1, -0.05) is 17.7 Å². The van der Waals surface area contributed by atoms with Crippen molar-refractivity contribution in [2.45, 2.75) is 18.6 Å². The van der Waals surface area contributed by atoms with E-state index in [0.29, 0.717) is 5.56 Å². The number of aromatic nitrogens is 2. The van der Waals surface area contributed by atoms with Crippen molar-refractivity contribution in [1.29, 1.82) is 0 Å². The summed E-state index contributed by atoms with van der Waals surface area (Å²) in [6.45, 7) is 3.21. The van der Waals surface area contributed by atoms with Crippen molar-refractivity contribution >= 4 is 40.4 Å². The summed E-state index contributed by atoms with van der Waals surface area (Å²) >= 11 is 5.65. The Morgan fingerprint density at radius 3 is 2.61 bits per heavy atom. The van der Waals surface area contributed by atoms with Crippen molar-refractivity contribution in [1.82, 2.24) is 14.3 Å². The molecule has 0 aliphatic carbocycles. The third-order valence-electron chi connectivity index (χ3n) is 4.03. The molecule has 0 radical (unpaired) electrons. The minimum Gasteiger partial charge on any atom is -0.369 e. The predicted molar refractivity (Wildman–Crippen MR) is 109 cm³/mol. The SMILES string of the molecule is CN=C(N)N(C)S(=O)C(C)(C)c1cc(/C=C(\F)c2cnc(Cl)cn2)ccc1F. The third-order valence-corrected chi connectivity index (χ3v) is 6.01. The highest BCUT2D eigenvalue weighted by Gasteiger charge is 2.34. The molecule has 10 heteroatoms. The molecule has 1 aromatic heterocycles. The Morgan fingerprint density at radius 2 is 2.04 bits per heavy atom. The monoisotopic (exact) mass is 427 g/mol. The number of rotatable bonds is 5. The van der Waals surface area contributed by atoms with Gasteiger partial charge in [0.2, 0.25) is 5.96 Å². The van der Waals surface area contributed by atoms with Gasteiger partial charge in [-0.3, -0.25) is 9.30 Å². The average molecular weight is 428 g/mol. The Balaban J connectivity index is 2.43. The molecule has 2 aromatic rings. The van der Waals surface area contributed by atoms with Gasteiger partial charge in [0.25, 0.3) is 0 Å². The first kappa shape index (κ1) is 21.9. The van der Waals surface area contributed by atoms with Crippen molar-refractivity contribution in [2.24, 2.45) is 10.7 Å². The Bertz CT molecular complexity index is 947. The molecule has 0 amide bonds. The topological polar surface area (TPSA) is 84.5 Å². The van der Waals surface area contributed by atoms with E-state index < -0.39 is 27.4 Å². The Kier molecular flexibility index (Phi) is 6.84. The first-order valence-electron chi connectivity index (χ1n) is 8.11. The standard InChI is InChI=1S/C18H20ClF2N5OS/c1-18(2,28(27)26(4)17(22)23-3)12-7-11(5-6-13(12)20)8-14(21)15-9-25-16(19)10-24-15/h5-10H,1-4H3,(H2,22,23)/b14-8-. The molecule has 0 spiro atoms. The number of aliphatic imine (C=N–C) groups is 1. The Morgan fingerprint density at radius 1 is 1.36 bits per heavy atom. The zero-order valence-corrected chi connectivity index (χ0v) is 17.4. The molecule has 6 nitrogen and oxygen atoms in total. The van der Waals surface area contributed by atoms with Crippen molar-refractivity contribution in [3.63, 3.8) is 0 Å². The minimum absolute atomic E-state index is 0.00947. The molecule has 150 valence electrons. The Hall–Kier alpha value is -2.39. The van der Waals surface area contributed by atoms with Crippen LogP contribution in [0.2, 0.25) is 5.15 Å². The number of hydrogen-bond donors (Lipinski definition) is 1. The van der Waals surface area contributed by atoms with E-state index in [1.807, 2.05) is 0 Å². The lowest BCUT2D eigenvalue weighted by atomic mass is 9.99. The maximum Gasteiger partial charge on any atom is 0.202 e. The van der Waals surface area contributed by atoms with Crippen molar-refractivity contribution in [3.8, 4) is 0 Å². The quantitative estimate of drug-likeness (QED) is 0.584. The van der Waals surface area contributed by atoms with E-state index in [-0.39, 0.29) is 22.4 Å². The van der Waals surface area contributed by atoms with Crippen molar-refractivity contribution in [2.75, 3.05) is 14.1 Å². The van der Waals surface area contributed by atoms with Crippen LogP contribution in [0.5, 0.6) is 0 Å². The second-order valence-electron chi connectivity index (χ2n) is 6.29. The lowest BCUT2D eigenvalue weighted by Crippen LogP contribution is -2.43. The van der Waals surface area contributed by atoms with Crippen molar-refractivity contribution in [3.05, 3.63) is 58.4 Å². The molecule has 28 heavy (non-hydrogen) atoms. The summed E-state index contributed by atoms with van der Waals surface area (Å²) in [5, 5.41) is 0.142. The molecule has 0 bridgehead atoms. The van der Waals surface area contributed by atoms with E-state index in [4.69, 9.17) is 17.3 Å². The van der Waals surface area contributed by atoms with Gasteiger partial charge in [-0.05, 0) is 37.6 Å². The molecule has 2 N–H and O–H groups in total. The largest absolute Gasteiger partial charge is 0.369 e. The number of halogens is 3. The lowest BCUT2D eigenvalue weighted by Gasteiger charge is -2.30. The number of nitrogens with zero attached hydrogens (tertiary/aromatic N) is 4. The van der Waals surface area contributed by atoms with E-state index in [9.17, 15) is 13.0 Å². The summed E-state index contributed by atoms with van der Waals surface area (Å²) in [5.41, 5.74) is 6.21. The number of nitrogens with two attached hydrogens (primary N) is 1. The number of benzene rings is 1. The summed E-state index contributed by atoms with van der Waals surface area (Å²) in [6, 6.07) is 4.04. The first-order valence-corrected chi connectivity index (χ1v) is 9.59. The summed E-state index contributed by atoms with van der Waals surface area (Å²) in [7, 11) is 1.22. The molecule has 1 atom stereocenters. The minimum atomic E-state index is -1.74. The predicted octanol–water partition coefficient (Wildman–Crippen LogP) is 3.51. The van der Waals surface area contributed by atoms with E-state index >= 15 is 0 Å². The third kappa shape index (κ3) is 4.71. The van der Waals surface area contributed by atoms with Crippen LogP contribution in [0, 0.1) is 5.82 Å². The first-order chi connectivity index (χ1) is 13.1. The van der Waals surface area contributed by atoms with Crippen LogP contribution in [-0.2, 0) is 15.7 Å². The van der Waals surface area contributed by atoms with E-state index in [0.717, 1.165) is 0 Å². The van der Waals surface area contributed by atoms with Gasteiger partial charge in [0.15, 0.2) is 5.83 Å². The molecule has 1 aromatic carbocycles. The maximum atomic E-state index is 14.5. The molecule has 2 rings (SSSR count). The molecule has 0 aliphatic heterocycles. The maximum absolute atomic E-state index is 14.5. The van der Waals surface area contributed by atoms with Gasteiger partial charge in [-0.15, -0.1) is 0 Å². The fourth-order valence-corrected chi connectivity index (χ4v) is 3.79. The summed E-state index contributed by atoms with van der Waals surface area (Å²) in [4.78, 5) is 11.4. The van der Waals surface area contributed by atoms with Gasteiger partial charge in [0, 0.05) is 19.7 Å². The van der Waals surface area contributed by atoms with E-state index in [1.54, 1.807) is 13.8 Å². The average Bonchev–Trinajstić information content (AvgIpc) is 2.67. The molecule has 0 fully saturated rings. The van der Waals surface area contributed by atoms with Crippen LogP contribution in [0.15, 0.2) is 35.6 Å². The van der Waals surface area contributed by atoms with Crippen LogP contribution in [0.25, 0.3) is 11.9 Å². The number of hydrogen-bond acceptors (Lipinski definition) is 4. The van der Waals surface area contributed by atoms with Crippen LogP contribution >= 0.6 is 11.6 Å². The van der Waals surface area contributed by atoms with Crippen LogP contribution in [-0.4, -0.2) is 38.5 Å². The molecular formula is C18H20ClF2N5OS. The smallest absolute Gasteiger partial charge is 0.202 e. The van der Waals surface area contributed by atoms with Gasteiger partial charge in [0.1, 0.15) is 27.6 Å². The van der Waals surface area contributed by atoms with Gasteiger partial charge in [0.05, 0.1) is 17.1 Å². The molecule has 1 heterocycles. The molecular weight excluding hydrogens is 408 g/mol. The summed E-state index contributed by atoms with van der Waals surface area (Å²) < 4.78 is 41.9. The fraction of sp³-hybridized carbons (Fsp3) is 0.278. The lowest BCUT2D eigenvalue weighted by molar-refractivity contribution is 0.556. The fourth-order valence-electron chi connectivity index (χ4n) is 2.41. The van der Waals surface area contributed by atoms with Crippen molar-refractivity contribution < 1.29 is 13.0 Å². The van der Waals surface area contributed by atoms with Gasteiger partial charge < -0.3 is 5.73 Å². The molecule has 0 saturated carbocycles. The summed E-state index contributed by atoms with van der Waals surface area (Å²) in [5.74, 6) is -1.18. The normalized spacial score (nSPS) is 14.1. The second-order valence-corrected chi connectivity index (χ2v) is 8.75. The van der Waals surface area contributed by atoms with Gasteiger partial charge in [-0.25, -0.2) is 23.0 Å². The van der Waals surface area contributed by atoms with Crippen LogP contribution in [0.3, 0.4) is 0 Å². The van der Waals surface area contributed by atoms with Gasteiger partial charge >= 0.3 is 0 Å². The van der Waals surface area contributed by atoms with E-state index in [2.05, 4.69) is 15.0 Å². The highest BCUT2D eigenvalue weighted by atomic mass is 35.5. The highest BCUT2D eigenvalue weighted by molar-refractivity contribution is 7.84. The molecule has 0 saturated heterocycles. The zero-order valence-electron chi connectivity index (χ0n) is 15.8. The van der Waals surface area contributed by atoms with Crippen LogP contribution in [0.4, 0.5) is 8.78 Å². The second kappa shape index (κ2) is 8.74.